The van der Waals surface area contributed by atoms with E-state index in [2.05, 4.69) is 0 Å². The molecule has 834 valence electrons. The Morgan fingerprint density at radius 1 is 0.455 bits per heavy atom. The molecule has 9 aliphatic rings. The first-order valence-electron chi connectivity index (χ1n) is 51.6. The highest BCUT2D eigenvalue weighted by Crippen LogP contribution is 2.45. The molecule has 0 spiro atoms. The number of nitrogens with two attached hydrogens (primary N) is 3. The van der Waals surface area contributed by atoms with Crippen LogP contribution in [0, 0.1) is 47.3 Å². The van der Waals surface area contributed by atoms with E-state index >= 15 is 0 Å². The van der Waals surface area contributed by atoms with Crippen molar-refractivity contribution in [2.75, 3.05) is 6.61 Å². The van der Waals surface area contributed by atoms with Crippen LogP contribution in [0.25, 0.3) is 0 Å². The van der Waals surface area contributed by atoms with E-state index in [0.29, 0.717) is 32.1 Å². The summed E-state index contributed by atoms with van der Waals surface area (Å²) in [4.78, 5) is 14.2. The largest absolute Gasteiger partial charge is 0.461 e. The van der Waals surface area contributed by atoms with Crippen LogP contribution in [-0.2, 0) is 80.6 Å². The maximum Gasteiger partial charge on any atom is 0.311 e. The van der Waals surface area contributed by atoms with Gasteiger partial charge < -0.3 is 216 Å². The Morgan fingerprint density at radius 2 is 1.00 bits per heavy atom. The Balaban J connectivity index is 0.996. The van der Waals surface area contributed by atoms with Crippen LogP contribution in [-0.4, -0.2) is 435 Å². The van der Waals surface area contributed by atoms with Gasteiger partial charge in [0.2, 0.25) is 0 Å². The molecule has 30 N–H and O–H groups in total. The standard InChI is InChI=1S/C99H177N3O41/c1-42-22-18-20-26-63(108)47(6)66(111)33-60(107)35-69(136-95-85(122)83(120)81(118)72(41-103)138-95)49(8)70-38-67(112)92(125)99(127,143-70)39-71(43(2)28-30-59(106)32-57(104)25-21-27-64(109)48(7)93(126)135-68(42)34-58(105)24-19-17-23-44(3)76(113)45(4)29-31-65(110)46(5)50(9)128-75-40-98(16,102)91(124)56(15)131-75)137-97-90(142-94-84(121)82(119)79(116)53(12)132-94)89(140-74-37-62(101)78(115)52(11)130-74)87(55(14)134-97)141-96-86(123)88(80(117)54(13)133-96)139-73-36-61(100)77(114)51(10)129-73/h18,20-22,26-27,42-92,94-97,103-125,127H,17,19,23-25,28-41,100-102H2,1-16H3. The van der Waals surface area contributed by atoms with Gasteiger partial charge in [0, 0.05) is 86.2 Å². The predicted molar refractivity (Wildman–Crippen MR) is 506 cm³/mol. The summed E-state index contributed by atoms with van der Waals surface area (Å²) in [5.41, 5.74) is 18.2. The molecule has 57 unspecified atom stereocenters. The average Bonchev–Trinajstić information content (AvgIpc) is 0.764. The van der Waals surface area contributed by atoms with Crippen molar-refractivity contribution in [2.45, 2.75) is 526 Å². The minimum Gasteiger partial charge on any atom is -0.461 e. The third-order valence-electron chi connectivity index (χ3n) is 31.3. The number of hydrogen-bond donors (Lipinski definition) is 27. The van der Waals surface area contributed by atoms with E-state index in [1.807, 2.05) is 27.7 Å². The molecule has 9 aliphatic heterocycles. The van der Waals surface area contributed by atoms with Gasteiger partial charge in [-0.1, -0.05) is 97.8 Å². The lowest BCUT2D eigenvalue weighted by atomic mass is 9.82. The van der Waals surface area contributed by atoms with Gasteiger partial charge in [-0.25, -0.2) is 0 Å². The molecule has 0 aromatic heterocycles. The second-order valence-corrected chi connectivity index (χ2v) is 43.2. The maximum atomic E-state index is 14.2. The topological polar surface area (TPSA) is 728 Å². The molecule has 0 aliphatic carbocycles. The lowest BCUT2D eigenvalue weighted by Crippen LogP contribution is -2.67. The number of carbonyl (C=O) groups excluding carboxylic acids is 1. The first-order valence-corrected chi connectivity index (χ1v) is 51.6. The zero-order chi connectivity index (χ0) is 106. The summed E-state index contributed by atoms with van der Waals surface area (Å²) in [5, 5.41) is 278. The van der Waals surface area contributed by atoms with Crippen molar-refractivity contribution in [3.63, 3.8) is 0 Å². The van der Waals surface area contributed by atoms with Crippen LogP contribution in [0.15, 0.2) is 36.5 Å². The molecule has 44 heteroatoms. The lowest BCUT2D eigenvalue weighted by molar-refractivity contribution is -0.407. The highest BCUT2D eigenvalue weighted by Gasteiger charge is 2.60. The summed E-state index contributed by atoms with van der Waals surface area (Å²) in [7, 11) is 0. The van der Waals surface area contributed by atoms with Gasteiger partial charge in [-0.15, -0.1) is 0 Å². The minimum absolute atomic E-state index is 0.0693. The molecule has 57 atom stereocenters. The van der Waals surface area contributed by atoms with Crippen LogP contribution >= 0.6 is 0 Å². The van der Waals surface area contributed by atoms with Gasteiger partial charge in [0.15, 0.2) is 49.8 Å². The fraction of sp³-hybridized carbons (Fsp3) is 0.929. The van der Waals surface area contributed by atoms with E-state index < -0.39 is 367 Å². The van der Waals surface area contributed by atoms with Gasteiger partial charge in [0.05, 0.1) is 153 Å². The molecule has 44 nitrogen and oxygen atoms in total. The fourth-order valence-corrected chi connectivity index (χ4v) is 20.6. The monoisotopic (exact) mass is 2060 g/mol. The second-order valence-electron chi connectivity index (χ2n) is 43.2. The number of aliphatic hydroxyl groups excluding tert-OH is 23. The first-order chi connectivity index (χ1) is 67.0. The number of cyclic esters (lactones) is 1. The smallest absolute Gasteiger partial charge is 0.311 e. The van der Waals surface area contributed by atoms with Gasteiger partial charge in [0.25, 0.3) is 0 Å². The van der Waals surface area contributed by atoms with Crippen molar-refractivity contribution in [1.82, 2.24) is 0 Å². The van der Waals surface area contributed by atoms with Crippen molar-refractivity contribution >= 4 is 5.97 Å². The SMILES string of the molecule is CC1C=CC=CC(O)C(C)C(O)CC(O)CC(OC2OC(CO)C(O)C(O)C2O)C(C)C2CC(O)C(O)C(O)(CC(OC3OC(C)C(OC4OC(C)C(O)C(OC5CC(N)C(O)C(C)O5)C4O)C(OC4CC(N)C(O)C(C)O4)C3OC3OC(C)C(O)C(O)C3O)C(C)CCC(O)CC(O)CC=CC(O)C(C)C(=O)OC1CC(O)CCCCC(C)C(O)C(C)CCC(O)C(C)C(C)OC1CC(C)(N)C(O)C(C)O1)O2. The van der Waals surface area contributed by atoms with E-state index in [1.54, 1.807) is 46.8 Å². The number of carbonyl (C=O) groups is 1. The molecule has 8 saturated heterocycles. The Kier molecular flexibility index (Phi) is 48.1. The summed E-state index contributed by atoms with van der Waals surface area (Å²) >= 11 is 0. The van der Waals surface area contributed by atoms with E-state index in [1.165, 1.54) is 72.8 Å². The summed E-state index contributed by atoms with van der Waals surface area (Å²) < 4.78 is 102. The van der Waals surface area contributed by atoms with Gasteiger partial charge in [-0.3, -0.25) is 4.79 Å². The number of fused-ring (bicyclic) bond motifs is 2. The molecule has 2 bridgehead atoms. The summed E-state index contributed by atoms with van der Waals surface area (Å²) in [6.07, 6.45) is -57.1. The van der Waals surface area contributed by atoms with Crippen molar-refractivity contribution in [3.8, 4) is 0 Å². The Morgan fingerprint density at radius 3 is 1.62 bits per heavy atom. The van der Waals surface area contributed by atoms with Crippen LogP contribution in [0.1, 0.15) is 226 Å². The molecular formula is C99H177N3O41. The van der Waals surface area contributed by atoms with Crippen molar-refractivity contribution in [1.29, 1.82) is 0 Å². The normalized spacial score (nSPS) is 48.0. The predicted octanol–water partition coefficient (Wildman–Crippen LogP) is -3.01. The number of unbranched alkanes of at least 4 members (excludes halogenated alkanes) is 1. The van der Waals surface area contributed by atoms with Gasteiger partial charge in [-0.05, 0) is 138 Å². The summed E-state index contributed by atoms with van der Waals surface area (Å²) in [6, 6.07) is -1.87. The molecule has 0 radical (unpaired) electrons. The summed E-state index contributed by atoms with van der Waals surface area (Å²) in [6.45, 7) is 25.2. The molecule has 0 aromatic carbocycles. The number of allylic oxidation sites excluding steroid dienone is 2. The average molecular weight is 2070 g/mol. The molecular weight excluding hydrogens is 1890 g/mol. The first kappa shape index (κ1) is 124. The molecule has 0 amide bonds. The van der Waals surface area contributed by atoms with Gasteiger partial charge in [0.1, 0.15) is 91.6 Å². The number of hydrogen-bond acceptors (Lipinski definition) is 44. The van der Waals surface area contributed by atoms with Gasteiger partial charge >= 0.3 is 5.97 Å². The third kappa shape index (κ3) is 33.3. The lowest BCUT2D eigenvalue weighted by Gasteiger charge is -2.52. The highest BCUT2D eigenvalue weighted by molar-refractivity contribution is 5.73. The van der Waals surface area contributed by atoms with Crippen molar-refractivity contribution < 1.29 is 203 Å². The van der Waals surface area contributed by atoms with Crippen LogP contribution in [0.3, 0.4) is 0 Å². The Labute approximate surface area is 838 Å². The molecule has 0 saturated carbocycles. The van der Waals surface area contributed by atoms with E-state index in [4.69, 9.17) is 93.0 Å². The number of aliphatic hydroxyl groups is 24. The van der Waals surface area contributed by atoms with Crippen LogP contribution in [0.4, 0.5) is 0 Å². The van der Waals surface area contributed by atoms with Crippen molar-refractivity contribution in [3.05, 3.63) is 36.5 Å². The van der Waals surface area contributed by atoms with Crippen LogP contribution in [0.2, 0.25) is 0 Å². The van der Waals surface area contributed by atoms with Gasteiger partial charge in [-0.2, -0.15) is 0 Å². The second kappa shape index (κ2) is 55.7. The molecule has 143 heavy (non-hydrogen) atoms. The summed E-state index contributed by atoms with van der Waals surface area (Å²) in [5.74, 6) is -9.67. The molecule has 9 rings (SSSR count). The van der Waals surface area contributed by atoms with Crippen LogP contribution < -0.4 is 17.2 Å². The number of rotatable bonds is 29. The fourth-order valence-electron chi connectivity index (χ4n) is 20.6. The number of ether oxygens (including phenoxy) is 16. The quantitative estimate of drug-likeness (QED) is 0.0201. The van der Waals surface area contributed by atoms with Crippen LogP contribution in [0.5, 0.6) is 0 Å². The zero-order valence-electron chi connectivity index (χ0n) is 85.6. The Bertz CT molecular complexity index is 3760. The Hall–Kier alpha value is -2.99. The zero-order valence-corrected chi connectivity index (χ0v) is 85.6. The third-order valence-corrected chi connectivity index (χ3v) is 31.3. The molecule has 8 fully saturated rings. The molecule has 9 heterocycles. The van der Waals surface area contributed by atoms with E-state index in [-0.39, 0.29) is 75.5 Å². The highest BCUT2D eigenvalue weighted by atomic mass is 16.8. The van der Waals surface area contributed by atoms with Crippen molar-refractivity contribution in [2.24, 2.45) is 64.5 Å². The maximum absolute atomic E-state index is 14.2. The number of esters is 1. The molecule has 0 aromatic rings. The van der Waals surface area contributed by atoms with E-state index in [0.717, 1.165) is 0 Å². The van der Waals surface area contributed by atoms with E-state index in [9.17, 15) is 127 Å². The minimum atomic E-state index is -2.99.